The summed E-state index contributed by atoms with van der Waals surface area (Å²) in [6.45, 7) is 5.54. The molecule has 120 valence electrons. The lowest BCUT2D eigenvalue weighted by molar-refractivity contribution is 0.395. The molecule has 2 N–H and O–H groups in total. The highest BCUT2D eigenvalue weighted by atomic mass is 32.2. The number of hydrogen-bond acceptors (Lipinski definition) is 4. The van der Waals surface area contributed by atoms with Crippen LogP contribution >= 0.6 is 0 Å². The summed E-state index contributed by atoms with van der Waals surface area (Å²) in [4.78, 5) is 0. The van der Waals surface area contributed by atoms with Gasteiger partial charge >= 0.3 is 0 Å². The first-order valence-corrected chi connectivity index (χ1v) is 9.35. The van der Waals surface area contributed by atoms with Gasteiger partial charge < -0.3 is 9.73 Å². The van der Waals surface area contributed by atoms with Gasteiger partial charge in [-0.25, -0.2) is 13.1 Å². The maximum Gasteiger partial charge on any atom is 0.274 e. The Morgan fingerprint density at radius 2 is 2.10 bits per heavy atom. The topological polar surface area (TPSA) is 71.3 Å². The molecule has 0 aliphatic heterocycles. The summed E-state index contributed by atoms with van der Waals surface area (Å²) < 4.78 is 32.9. The van der Waals surface area contributed by atoms with Crippen molar-refractivity contribution in [2.75, 3.05) is 6.54 Å². The summed E-state index contributed by atoms with van der Waals surface area (Å²) in [6.07, 6.45) is 5.23. The van der Waals surface area contributed by atoms with E-state index >= 15 is 0 Å². The van der Waals surface area contributed by atoms with E-state index in [0.717, 1.165) is 25.8 Å². The Hall–Kier alpha value is -0.850. The molecule has 1 aliphatic carbocycles. The fraction of sp³-hybridized carbons (Fsp3) is 0.733. The second-order valence-corrected chi connectivity index (χ2v) is 7.45. The predicted molar refractivity (Wildman–Crippen MR) is 82.4 cm³/mol. The summed E-state index contributed by atoms with van der Waals surface area (Å²) in [5.41, 5.74) is 0. The van der Waals surface area contributed by atoms with Crippen LogP contribution in [0.25, 0.3) is 0 Å². The highest BCUT2D eigenvalue weighted by Gasteiger charge is 2.28. The monoisotopic (exact) mass is 314 g/mol. The second-order valence-electron chi connectivity index (χ2n) is 5.80. The van der Waals surface area contributed by atoms with Crippen LogP contribution in [0.4, 0.5) is 0 Å². The van der Waals surface area contributed by atoms with Gasteiger partial charge in [0.15, 0.2) is 0 Å². The molecule has 0 bridgehead atoms. The van der Waals surface area contributed by atoms with Crippen LogP contribution in [-0.4, -0.2) is 21.0 Å². The quantitative estimate of drug-likeness (QED) is 0.651. The molecule has 0 amide bonds. The normalized spacial score (nSPS) is 17.0. The molecule has 1 aromatic heterocycles. The number of furan rings is 1. The molecule has 1 unspecified atom stereocenters. The van der Waals surface area contributed by atoms with Gasteiger partial charge in [0.25, 0.3) is 10.0 Å². The zero-order valence-corrected chi connectivity index (χ0v) is 13.7. The third-order valence-corrected chi connectivity index (χ3v) is 5.15. The maximum atomic E-state index is 12.3. The van der Waals surface area contributed by atoms with Crippen LogP contribution in [-0.2, 0) is 16.6 Å². The zero-order chi connectivity index (χ0) is 15.3. The van der Waals surface area contributed by atoms with E-state index in [-0.39, 0.29) is 11.1 Å². The van der Waals surface area contributed by atoms with Gasteiger partial charge in [0, 0.05) is 6.04 Å². The first kappa shape index (κ1) is 16.5. The molecule has 0 aromatic carbocycles. The van der Waals surface area contributed by atoms with Gasteiger partial charge in [-0.05, 0) is 43.9 Å². The molecular formula is C15H26N2O3S. The Morgan fingerprint density at radius 1 is 1.33 bits per heavy atom. The molecule has 1 heterocycles. The lowest BCUT2D eigenvalue weighted by Crippen LogP contribution is -2.34. The zero-order valence-electron chi connectivity index (χ0n) is 12.9. The van der Waals surface area contributed by atoms with E-state index in [9.17, 15) is 8.42 Å². The second kappa shape index (κ2) is 7.42. The largest absolute Gasteiger partial charge is 0.447 e. The molecule has 0 spiro atoms. The van der Waals surface area contributed by atoms with E-state index in [2.05, 4.69) is 17.0 Å². The summed E-state index contributed by atoms with van der Waals surface area (Å²) >= 11 is 0. The first-order chi connectivity index (χ1) is 10.0. The van der Waals surface area contributed by atoms with Crippen LogP contribution < -0.4 is 10.0 Å². The Balaban J connectivity index is 1.94. The van der Waals surface area contributed by atoms with Gasteiger partial charge in [0.1, 0.15) is 5.76 Å². The molecule has 2 rings (SSSR count). The van der Waals surface area contributed by atoms with Crippen LogP contribution in [0.5, 0.6) is 0 Å². The molecule has 1 atom stereocenters. The highest BCUT2D eigenvalue weighted by Crippen LogP contribution is 2.34. The number of sulfonamides is 1. The van der Waals surface area contributed by atoms with E-state index in [1.54, 1.807) is 6.07 Å². The number of rotatable bonds is 10. The van der Waals surface area contributed by atoms with Crippen molar-refractivity contribution in [3.05, 3.63) is 17.9 Å². The van der Waals surface area contributed by atoms with Crippen molar-refractivity contribution in [2.45, 2.75) is 63.6 Å². The Labute approximate surface area is 127 Å². The molecule has 1 saturated carbocycles. The van der Waals surface area contributed by atoms with E-state index < -0.39 is 10.0 Å². The lowest BCUT2D eigenvalue weighted by Gasteiger charge is -2.15. The fourth-order valence-corrected chi connectivity index (χ4v) is 3.60. The Bertz CT molecular complexity index is 535. The van der Waals surface area contributed by atoms with Gasteiger partial charge in [-0.2, -0.15) is 0 Å². The maximum absolute atomic E-state index is 12.3. The molecule has 21 heavy (non-hydrogen) atoms. The van der Waals surface area contributed by atoms with Crippen LogP contribution in [0.15, 0.2) is 21.6 Å². The minimum Gasteiger partial charge on any atom is -0.447 e. The minimum atomic E-state index is -3.54. The van der Waals surface area contributed by atoms with Crippen molar-refractivity contribution < 1.29 is 12.8 Å². The van der Waals surface area contributed by atoms with Gasteiger partial charge in [-0.1, -0.05) is 26.7 Å². The standard InChI is InChI=1S/C15H26N2O3S/c1-3-9-16-11-14-7-8-15(20-14)21(18,19)17-13(4-2)10-12-5-6-12/h7-8,12-13,16-17H,3-6,9-11H2,1-2H3. The molecule has 0 radical (unpaired) electrons. The molecule has 1 fully saturated rings. The highest BCUT2D eigenvalue weighted by molar-refractivity contribution is 7.89. The van der Waals surface area contributed by atoms with Crippen LogP contribution in [0, 0.1) is 5.92 Å². The summed E-state index contributed by atoms with van der Waals surface area (Å²) in [5.74, 6) is 1.35. The summed E-state index contributed by atoms with van der Waals surface area (Å²) in [6, 6.07) is 3.27. The van der Waals surface area contributed by atoms with Crippen LogP contribution in [0.1, 0.15) is 51.7 Å². The Kier molecular flexibility index (Phi) is 5.84. The molecular weight excluding hydrogens is 288 g/mol. The summed E-state index contributed by atoms with van der Waals surface area (Å²) in [7, 11) is -3.54. The van der Waals surface area contributed by atoms with Crippen molar-refractivity contribution >= 4 is 10.0 Å². The molecule has 0 saturated heterocycles. The lowest BCUT2D eigenvalue weighted by atomic mass is 10.1. The molecule has 6 heteroatoms. The fourth-order valence-electron chi connectivity index (χ4n) is 2.32. The van der Waals surface area contributed by atoms with Crippen molar-refractivity contribution in [3.8, 4) is 0 Å². The van der Waals surface area contributed by atoms with Crippen molar-refractivity contribution in [3.63, 3.8) is 0 Å². The predicted octanol–water partition coefficient (Wildman–Crippen LogP) is 2.64. The van der Waals surface area contributed by atoms with Gasteiger partial charge in [-0.15, -0.1) is 0 Å². The summed E-state index contributed by atoms with van der Waals surface area (Å²) in [5, 5.41) is 3.21. The Morgan fingerprint density at radius 3 is 2.71 bits per heavy atom. The van der Waals surface area contributed by atoms with Gasteiger partial charge in [-0.3, -0.25) is 0 Å². The SMILES string of the molecule is CCCNCc1ccc(S(=O)(=O)NC(CC)CC2CC2)o1. The minimum absolute atomic E-state index is 0.00858. The average Bonchev–Trinajstić information content (AvgIpc) is 3.12. The van der Waals surface area contributed by atoms with Crippen molar-refractivity contribution in [2.24, 2.45) is 5.92 Å². The van der Waals surface area contributed by atoms with E-state index in [1.165, 1.54) is 18.9 Å². The van der Waals surface area contributed by atoms with E-state index in [1.807, 2.05) is 6.92 Å². The average molecular weight is 314 g/mol. The van der Waals surface area contributed by atoms with Crippen LogP contribution in [0.2, 0.25) is 0 Å². The van der Waals surface area contributed by atoms with Gasteiger partial charge in [0.05, 0.1) is 6.54 Å². The van der Waals surface area contributed by atoms with E-state index in [4.69, 9.17) is 4.42 Å². The van der Waals surface area contributed by atoms with Crippen molar-refractivity contribution in [1.82, 2.24) is 10.0 Å². The number of hydrogen-bond donors (Lipinski definition) is 2. The van der Waals surface area contributed by atoms with Crippen molar-refractivity contribution in [1.29, 1.82) is 0 Å². The van der Waals surface area contributed by atoms with Gasteiger partial charge in [0.2, 0.25) is 5.09 Å². The molecule has 5 nitrogen and oxygen atoms in total. The van der Waals surface area contributed by atoms with E-state index in [0.29, 0.717) is 18.2 Å². The third kappa shape index (κ3) is 5.13. The molecule has 1 aliphatic rings. The smallest absolute Gasteiger partial charge is 0.274 e. The number of nitrogens with one attached hydrogen (secondary N) is 2. The molecule has 1 aromatic rings. The third-order valence-electron chi connectivity index (χ3n) is 3.76. The van der Waals surface area contributed by atoms with Crippen LogP contribution in [0.3, 0.4) is 0 Å². The first-order valence-electron chi connectivity index (χ1n) is 7.87.